The average Bonchev–Trinajstić information content (AvgIpc) is 3.87. The molecule has 0 aliphatic heterocycles. The lowest BCUT2D eigenvalue weighted by Gasteiger charge is -2.02. The van der Waals surface area contributed by atoms with Crippen LogP contribution in [0.3, 0.4) is 0 Å². The zero-order valence-electron chi connectivity index (χ0n) is 23.0. The molecule has 11 nitrogen and oxygen atoms in total. The van der Waals surface area contributed by atoms with Crippen molar-refractivity contribution in [2.45, 2.75) is 0 Å². The van der Waals surface area contributed by atoms with Crippen molar-refractivity contribution in [3.8, 4) is 51.0 Å². The minimum atomic E-state index is -0.641. The first kappa shape index (κ1) is 26.6. The van der Waals surface area contributed by atoms with Crippen molar-refractivity contribution in [1.29, 1.82) is 0 Å². The lowest BCUT2D eigenvalue weighted by Crippen LogP contribution is -1.85. The van der Waals surface area contributed by atoms with E-state index < -0.39 is 11.6 Å². The Morgan fingerprint density at radius 3 is 1.52 bits per heavy atom. The van der Waals surface area contributed by atoms with Gasteiger partial charge in [0.05, 0.1) is 23.8 Å². The number of rotatable bonds is 5. The molecule has 0 aliphatic rings. The summed E-state index contributed by atoms with van der Waals surface area (Å²) in [7, 11) is 1.66. The molecule has 4 aromatic heterocycles. The molecule has 0 fully saturated rings. The predicted molar refractivity (Wildman–Crippen MR) is 160 cm³/mol. The molecule has 4 heterocycles. The van der Waals surface area contributed by atoms with E-state index in [1.165, 1.54) is 24.8 Å². The molecule has 44 heavy (non-hydrogen) atoms. The van der Waals surface area contributed by atoms with Crippen molar-refractivity contribution in [2.75, 3.05) is 7.11 Å². The van der Waals surface area contributed by atoms with E-state index in [0.717, 1.165) is 61.8 Å². The minimum Gasteiger partial charge on any atom is -0.497 e. The van der Waals surface area contributed by atoms with E-state index in [1.54, 1.807) is 7.11 Å². The highest BCUT2D eigenvalue weighted by molar-refractivity contribution is 5.96. The maximum Gasteiger partial charge on any atom is 0.155 e. The molecule has 0 spiro atoms. The monoisotopic (exact) mass is 588 g/mol. The van der Waals surface area contributed by atoms with Crippen LogP contribution in [0.15, 0.2) is 91.5 Å². The van der Waals surface area contributed by atoms with Crippen LogP contribution in [0.4, 0.5) is 8.78 Å². The maximum absolute atomic E-state index is 13.4. The second-order valence-electron chi connectivity index (χ2n) is 9.72. The molecular weight excluding hydrogens is 566 g/mol. The molecule has 8 aromatic rings. The van der Waals surface area contributed by atoms with Crippen LogP contribution < -0.4 is 4.74 Å². The van der Waals surface area contributed by atoms with Crippen LogP contribution in [-0.2, 0) is 0 Å². The molecule has 13 heteroatoms. The van der Waals surface area contributed by atoms with Gasteiger partial charge < -0.3 is 4.74 Å². The van der Waals surface area contributed by atoms with Gasteiger partial charge in [0.25, 0.3) is 0 Å². The zero-order chi connectivity index (χ0) is 30.0. The molecule has 0 radical (unpaired) electrons. The number of H-pyrrole nitrogens is 4. The van der Waals surface area contributed by atoms with Gasteiger partial charge in [-0.1, -0.05) is 0 Å². The molecule has 0 bridgehead atoms. The lowest BCUT2D eigenvalue weighted by atomic mass is 10.1. The molecular formula is C31H22F2N10O. The zero-order valence-corrected chi connectivity index (χ0v) is 23.0. The van der Waals surface area contributed by atoms with Gasteiger partial charge >= 0.3 is 0 Å². The molecule has 0 unspecified atom stereocenters. The number of hydrogen-bond acceptors (Lipinski definition) is 7. The van der Waals surface area contributed by atoms with Crippen LogP contribution in [0.25, 0.3) is 67.1 Å². The Morgan fingerprint density at radius 2 is 1.05 bits per heavy atom. The first-order valence-corrected chi connectivity index (χ1v) is 13.3. The van der Waals surface area contributed by atoms with Gasteiger partial charge in [0.15, 0.2) is 11.6 Å². The fourth-order valence-electron chi connectivity index (χ4n) is 4.89. The van der Waals surface area contributed by atoms with Crippen LogP contribution in [-0.4, -0.2) is 57.9 Å². The summed E-state index contributed by atoms with van der Waals surface area (Å²) in [6.45, 7) is 0. The molecule has 4 aromatic carbocycles. The fourth-order valence-corrected chi connectivity index (χ4v) is 4.89. The van der Waals surface area contributed by atoms with Gasteiger partial charge in [-0.05, 0) is 72.8 Å². The quantitative estimate of drug-likeness (QED) is 0.184. The number of ether oxygens (including phenoxy) is 1. The molecule has 0 saturated heterocycles. The number of benzene rings is 4. The standard InChI is InChI=1S/C16H13N5O.C15H9F2N5/c1-22-12-5-2-10(3-6-12)15-13-8-11(16-17-9-18-21-16)4-7-14(13)19-20-15;16-10-3-9(4-11(17)6-10)14-12-5-8(15-18-7-19-22-15)1-2-13(12)20-21-14/h2-9H,1H3,(H,19,20)(H,17,18,21);1-7H,(H,20,21)(H,18,19,22). The van der Waals surface area contributed by atoms with Gasteiger partial charge in [-0.2, -0.15) is 20.4 Å². The number of aromatic amines is 4. The highest BCUT2D eigenvalue weighted by Crippen LogP contribution is 2.31. The molecule has 0 aliphatic carbocycles. The Morgan fingerprint density at radius 1 is 0.545 bits per heavy atom. The molecule has 4 N–H and O–H groups in total. The summed E-state index contributed by atoms with van der Waals surface area (Å²) in [5, 5.41) is 29.7. The summed E-state index contributed by atoms with van der Waals surface area (Å²) in [5.41, 5.74) is 6.32. The number of halogens is 2. The number of hydrogen-bond donors (Lipinski definition) is 4. The lowest BCUT2D eigenvalue weighted by molar-refractivity contribution is 0.415. The van der Waals surface area contributed by atoms with Crippen molar-refractivity contribution in [3.05, 3.63) is 103 Å². The molecule has 0 amide bonds. The summed E-state index contributed by atoms with van der Waals surface area (Å²) in [6, 6.07) is 22.7. The molecule has 216 valence electrons. The van der Waals surface area contributed by atoms with Gasteiger partial charge in [0.2, 0.25) is 0 Å². The van der Waals surface area contributed by atoms with Gasteiger partial charge in [-0.25, -0.2) is 18.7 Å². The van der Waals surface area contributed by atoms with Crippen molar-refractivity contribution >= 4 is 21.8 Å². The van der Waals surface area contributed by atoms with Gasteiger partial charge in [-0.15, -0.1) is 0 Å². The van der Waals surface area contributed by atoms with Crippen LogP contribution in [0.5, 0.6) is 5.75 Å². The average molecular weight is 589 g/mol. The largest absolute Gasteiger partial charge is 0.497 e. The maximum atomic E-state index is 13.4. The Bertz CT molecular complexity index is 2170. The second kappa shape index (κ2) is 11.2. The first-order valence-electron chi connectivity index (χ1n) is 13.3. The number of aromatic nitrogens is 10. The van der Waals surface area contributed by atoms with Gasteiger partial charge in [0.1, 0.15) is 35.7 Å². The van der Waals surface area contributed by atoms with Crippen molar-refractivity contribution in [1.82, 2.24) is 50.8 Å². The summed E-state index contributed by atoms with van der Waals surface area (Å²) in [6.07, 6.45) is 2.91. The van der Waals surface area contributed by atoms with Crippen molar-refractivity contribution in [3.63, 3.8) is 0 Å². The number of nitrogens with zero attached hydrogens (tertiary/aromatic N) is 6. The van der Waals surface area contributed by atoms with E-state index in [9.17, 15) is 8.78 Å². The van der Waals surface area contributed by atoms with Gasteiger partial charge in [0, 0.05) is 39.1 Å². The highest BCUT2D eigenvalue weighted by atomic mass is 19.1. The third-order valence-corrected chi connectivity index (χ3v) is 7.00. The van der Waals surface area contributed by atoms with Crippen molar-refractivity contribution < 1.29 is 13.5 Å². The topological polar surface area (TPSA) is 150 Å². The van der Waals surface area contributed by atoms with E-state index in [4.69, 9.17) is 4.74 Å². The van der Waals surface area contributed by atoms with Gasteiger partial charge in [-0.3, -0.25) is 20.4 Å². The van der Waals surface area contributed by atoms with Crippen LogP contribution in [0.1, 0.15) is 0 Å². The Kier molecular flexibility index (Phi) is 6.79. The Balaban J connectivity index is 0.000000142. The van der Waals surface area contributed by atoms with E-state index in [1.807, 2.05) is 54.6 Å². The summed E-state index contributed by atoms with van der Waals surface area (Å²) >= 11 is 0. The second-order valence-corrected chi connectivity index (χ2v) is 9.72. The minimum absolute atomic E-state index is 0.374. The molecule has 0 atom stereocenters. The first-order chi connectivity index (χ1) is 21.6. The van der Waals surface area contributed by atoms with E-state index in [2.05, 4.69) is 56.8 Å². The van der Waals surface area contributed by atoms with Crippen LogP contribution >= 0.6 is 0 Å². The number of nitrogens with one attached hydrogen (secondary N) is 4. The molecule has 0 saturated carbocycles. The molecule has 8 rings (SSSR count). The van der Waals surface area contributed by atoms with Crippen LogP contribution in [0, 0.1) is 11.6 Å². The highest BCUT2D eigenvalue weighted by Gasteiger charge is 2.13. The van der Waals surface area contributed by atoms with E-state index >= 15 is 0 Å². The number of fused-ring (bicyclic) bond motifs is 2. The summed E-state index contributed by atoms with van der Waals surface area (Å²) < 4.78 is 32.0. The number of methoxy groups -OCH3 is 1. The van der Waals surface area contributed by atoms with E-state index in [-0.39, 0.29) is 0 Å². The Labute approximate surface area is 247 Å². The SMILES string of the molecule is COc1ccc(-c2n[nH]c3ccc(-c4ncn[nH]4)cc23)cc1.Fc1cc(F)cc(-c2n[nH]c3ccc(-c4ncn[nH]4)cc23)c1. The predicted octanol–water partition coefficient (Wildman–Crippen LogP) is 6.32. The van der Waals surface area contributed by atoms with Crippen molar-refractivity contribution in [2.24, 2.45) is 0 Å². The normalized spacial score (nSPS) is 11.1. The summed E-state index contributed by atoms with van der Waals surface area (Å²) in [4.78, 5) is 8.28. The third-order valence-electron chi connectivity index (χ3n) is 7.00. The fraction of sp³-hybridized carbons (Fsp3) is 0.0323. The van der Waals surface area contributed by atoms with Crippen LogP contribution in [0.2, 0.25) is 0 Å². The Hall–Kier alpha value is -6.24. The van der Waals surface area contributed by atoms with E-state index in [0.29, 0.717) is 17.1 Å². The summed E-state index contributed by atoms with van der Waals surface area (Å²) in [5.74, 6) is 0.893. The third kappa shape index (κ3) is 5.13. The smallest absolute Gasteiger partial charge is 0.155 e.